The molecule has 4 N–H and O–H groups in total. The molecular weight excluding hydrogens is 334 g/mol. The van der Waals surface area contributed by atoms with E-state index in [2.05, 4.69) is 75.6 Å². The molecule has 0 bridgehead atoms. The van der Waals surface area contributed by atoms with Crippen molar-refractivity contribution in [2.75, 3.05) is 0 Å². The number of rotatable bonds is 4. The first-order valence-electron chi connectivity index (χ1n) is 9.13. The monoisotopic (exact) mass is 357 g/mol. The van der Waals surface area contributed by atoms with Crippen molar-refractivity contribution in [2.45, 2.75) is 25.3 Å². The van der Waals surface area contributed by atoms with Crippen molar-refractivity contribution in [3.05, 3.63) is 95.3 Å². The van der Waals surface area contributed by atoms with Gasteiger partial charge >= 0.3 is 0 Å². The maximum absolute atomic E-state index is 5.50. The Morgan fingerprint density at radius 1 is 0.926 bits per heavy atom. The molecule has 27 heavy (non-hydrogen) atoms. The topological polar surface area (TPSA) is 81.7 Å². The molecule has 5 nitrogen and oxygen atoms in total. The Balaban J connectivity index is 1.73. The summed E-state index contributed by atoms with van der Waals surface area (Å²) >= 11 is 0. The highest BCUT2D eigenvalue weighted by Crippen LogP contribution is 2.34. The molecule has 0 amide bonds. The van der Waals surface area contributed by atoms with Crippen molar-refractivity contribution in [1.82, 2.24) is 4.57 Å². The molecule has 0 aliphatic heterocycles. The highest BCUT2D eigenvalue weighted by atomic mass is 15.3. The summed E-state index contributed by atoms with van der Waals surface area (Å²) in [5, 5.41) is 8.28. The number of benzene rings is 2. The average Bonchev–Trinajstić information content (AvgIpc) is 3.10. The van der Waals surface area contributed by atoms with Gasteiger partial charge in [0.25, 0.3) is 0 Å². The molecule has 0 fully saturated rings. The van der Waals surface area contributed by atoms with Gasteiger partial charge in [-0.2, -0.15) is 5.10 Å². The summed E-state index contributed by atoms with van der Waals surface area (Å²) in [4.78, 5) is 0. The Morgan fingerprint density at radius 2 is 1.63 bits per heavy atom. The zero-order valence-corrected chi connectivity index (χ0v) is 15.1. The molecular formula is C22H23N5. The fraction of sp³-hybridized carbons (Fsp3) is 0.182. The van der Waals surface area contributed by atoms with Crippen molar-refractivity contribution in [3.63, 3.8) is 0 Å². The van der Waals surface area contributed by atoms with Crippen LogP contribution >= 0.6 is 0 Å². The lowest BCUT2D eigenvalue weighted by Crippen LogP contribution is -2.24. The summed E-state index contributed by atoms with van der Waals surface area (Å²) < 4.78 is 2.31. The molecule has 1 aliphatic carbocycles. The smallest absolute Gasteiger partial charge is 0.211 e. The Morgan fingerprint density at radius 3 is 2.33 bits per heavy atom. The second-order valence-corrected chi connectivity index (χ2v) is 6.88. The highest BCUT2D eigenvalue weighted by Gasteiger charge is 2.27. The number of nitrogens with two attached hydrogens (primary N) is 2. The van der Waals surface area contributed by atoms with E-state index in [1.807, 2.05) is 12.1 Å². The lowest BCUT2D eigenvalue weighted by Gasteiger charge is -2.25. The van der Waals surface area contributed by atoms with Gasteiger partial charge in [0.1, 0.15) is 0 Å². The van der Waals surface area contributed by atoms with Crippen molar-refractivity contribution >= 4 is 11.7 Å². The lowest BCUT2D eigenvalue weighted by atomic mass is 9.82. The van der Waals surface area contributed by atoms with Crippen LogP contribution in [0.3, 0.4) is 0 Å². The largest absolute Gasteiger partial charge is 0.369 e. The predicted molar refractivity (Wildman–Crippen MR) is 110 cm³/mol. The van der Waals surface area contributed by atoms with E-state index in [0.717, 1.165) is 30.7 Å². The molecule has 5 heteroatoms. The van der Waals surface area contributed by atoms with Gasteiger partial charge in [0.05, 0.1) is 5.71 Å². The van der Waals surface area contributed by atoms with Crippen LogP contribution in [0.5, 0.6) is 0 Å². The van der Waals surface area contributed by atoms with Crippen LogP contribution in [-0.2, 0) is 13.0 Å². The second kappa shape index (κ2) is 7.50. The summed E-state index contributed by atoms with van der Waals surface area (Å²) in [6, 6.07) is 23.2. The van der Waals surface area contributed by atoms with Gasteiger partial charge in [0, 0.05) is 24.0 Å². The molecule has 0 spiro atoms. The predicted octanol–water partition coefficient (Wildman–Crippen LogP) is 3.24. The minimum atomic E-state index is -0.0189. The van der Waals surface area contributed by atoms with E-state index in [-0.39, 0.29) is 5.96 Å². The van der Waals surface area contributed by atoms with E-state index in [4.69, 9.17) is 11.5 Å². The molecule has 136 valence electrons. The van der Waals surface area contributed by atoms with Gasteiger partial charge in [0.2, 0.25) is 5.96 Å². The van der Waals surface area contributed by atoms with Crippen LogP contribution in [0, 0.1) is 0 Å². The normalized spacial score (nSPS) is 17.5. The fourth-order valence-corrected chi connectivity index (χ4v) is 3.75. The van der Waals surface area contributed by atoms with Gasteiger partial charge in [-0.15, -0.1) is 5.10 Å². The highest BCUT2D eigenvalue weighted by molar-refractivity contribution is 6.03. The fourth-order valence-electron chi connectivity index (χ4n) is 3.75. The Bertz CT molecular complexity index is 966. The van der Waals surface area contributed by atoms with E-state index in [0.29, 0.717) is 5.92 Å². The van der Waals surface area contributed by atoms with Crippen molar-refractivity contribution < 1.29 is 0 Å². The molecule has 1 unspecified atom stereocenters. The van der Waals surface area contributed by atoms with Crippen molar-refractivity contribution in [3.8, 4) is 0 Å². The summed E-state index contributed by atoms with van der Waals surface area (Å²) in [5.74, 6) is 0.339. The summed E-state index contributed by atoms with van der Waals surface area (Å²) in [6.07, 6.45) is 3.93. The number of guanidine groups is 1. The van der Waals surface area contributed by atoms with Gasteiger partial charge in [-0.3, -0.25) is 0 Å². The van der Waals surface area contributed by atoms with Gasteiger partial charge in [0.15, 0.2) is 0 Å². The molecule has 1 aromatic heterocycles. The number of fused-ring (bicyclic) bond motifs is 1. The van der Waals surface area contributed by atoms with E-state index >= 15 is 0 Å². The Labute approximate surface area is 159 Å². The van der Waals surface area contributed by atoms with E-state index in [9.17, 15) is 0 Å². The number of aromatic nitrogens is 1. The molecule has 0 saturated heterocycles. The van der Waals surface area contributed by atoms with Crippen LogP contribution < -0.4 is 11.5 Å². The quantitative estimate of drug-likeness (QED) is 0.427. The van der Waals surface area contributed by atoms with Gasteiger partial charge in [-0.05, 0) is 36.0 Å². The zero-order chi connectivity index (χ0) is 18.6. The third kappa shape index (κ3) is 3.77. The molecule has 1 heterocycles. The molecule has 0 radical (unpaired) electrons. The molecule has 3 aromatic rings. The van der Waals surface area contributed by atoms with E-state index in [1.165, 1.54) is 16.8 Å². The summed E-state index contributed by atoms with van der Waals surface area (Å²) in [7, 11) is 0. The molecule has 1 atom stereocenters. The van der Waals surface area contributed by atoms with Gasteiger partial charge in [-0.25, -0.2) is 0 Å². The average molecular weight is 357 g/mol. The maximum atomic E-state index is 5.50. The van der Waals surface area contributed by atoms with E-state index < -0.39 is 0 Å². The number of hydrogen-bond acceptors (Lipinski definition) is 2. The third-order valence-electron chi connectivity index (χ3n) is 5.02. The SMILES string of the molecule is NC(N)=NN=C1CC(c2ccccc2)Cc2c1ccn2Cc1ccccc1. The first-order valence-corrected chi connectivity index (χ1v) is 9.13. The van der Waals surface area contributed by atoms with Crippen LogP contribution in [0.25, 0.3) is 0 Å². The number of nitrogens with zero attached hydrogens (tertiary/aromatic N) is 3. The Hall–Kier alpha value is -3.34. The summed E-state index contributed by atoms with van der Waals surface area (Å²) in [6.45, 7) is 0.841. The van der Waals surface area contributed by atoms with Crippen LogP contribution in [0.15, 0.2) is 83.1 Å². The van der Waals surface area contributed by atoms with Gasteiger partial charge < -0.3 is 16.0 Å². The molecule has 1 aliphatic rings. The van der Waals surface area contributed by atoms with Crippen molar-refractivity contribution in [2.24, 2.45) is 21.7 Å². The van der Waals surface area contributed by atoms with Crippen molar-refractivity contribution in [1.29, 1.82) is 0 Å². The van der Waals surface area contributed by atoms with Crippen LogP contribution in [0.1, 0.15) is 34.7 Å². The lowest BCUT2D eigenvalue weighted by molar-refractivity contribution is 0.636. The Kier molecular flexibility index (Phi) is 4.75. The summed E-state index contributed by atoms with van der Waals surface area (Å²) in [5.41, 5.74) is 16.9. The first-order chi connectivity index (χ1) is 13.2. The zero-order valence-electron chi connectivity index (χ0n) is 15.1. The standard InChI is InChI=1S/C22H23N5/c23-22(24)26-25-20-13-18(17-9-5-2-6-10-17)14-21-19(20)11-12-27(21)15-16-7-3-1-4-8-16/h1-12,18H,13-15H2,(H4,23,24,26). The molecule has 0 saturated carbocycles. The second-order valence-electron chi connectivity index (χ2n) is 6.88. The number of hydrogen-bond donors (Lipinski definition) is 2. The first kappa shape index (κ1) is 17.1. The molecule has 2 aromatic carbocycles. The van der Waals surface area contributed by atoms with Crippen LogP contribution in [0.2, 0.25) is 0 Å². The third-order valence-corrected chi connectivity index (χ3v) is 5.02. The van der Waals surface area contributed by atoms with Crippen LogP contribution in [0.4, 0.5) is 0 Å². The minimum Gasteiger partial charge on any atom is -0.369 e. The minimum absolute atomic E-state index is 0.0189. The van der Waals surface area contributed by atoms with E-state index in [1.54, 1.807) is 0 Å². The maximum Gasteiger partial charge on any atom is 0.211 e. The molecule has 4 rings (SSSR count). The van der Waals surface area contributed by atoms with Crippen LogP contribution in [-0.4, -0.2) is 16.2 Å². The van der Waals surface area contributed by atoms with Gasteiger partial charge in [-0.1, -0.05) is 60.7 Å².